The monoisotopic (exact) mass is 320 g/mol. The number of ketones is 1. The molecule has 1 atom stereocenters. The Bertz CT molecular complexity index is 726. The number of carbonyl (C=O) groups is 2. The van der Waals surface area contributed by atoms with Crippen LogP contribution in [0, 0.1) is 0 Å². The highest BCUT2D eigenvalue weighted by Gasteiger charge is 2.29. The van der Waals surface area contributed by atoms with Crippen molar-refractivity contribution in [3.8, 4) is 0 Å². The summed E-state index contributed by atoms with van der Waals surface area (Å²) < 4.78 is 0. The second kappa shape index (κ2) is 7.68. The van der Waals surface area contributed by atoms with Crippen molar-refractivity contribution in [1.29, 1.82) is 0 Å². The summed E-state index contributed by atoms with van der Waals surface area (Å²) in [4.78, 5) is 30.7. The summed E-state index contributed by atoms with van der Waals surface area (Å²) in [5, 5.41) is 0. The van der Waals surface area contributed by atoms with Crippen molar-refractivity contribution in [3.63, 3.8) is 0 Å². The Kier molecular flexibility index (Phi) is 5.16. The molecule has 4 nitrogen and oxygen atoms in total. The van der Waals surface area contributed by atoms with Gasteiger partial charge in [-0.15, -0.1) is 0 Å². The maximum atomic E-state index is 12.5. The Morgan fingerprint density at radius 2 is 2.00 bits per heavy atom. The van der Waals surface area contributed by atoms with Crippen LogP contribution in [0.25, 0.3) is 6.08 Å². The molecular formula is C20H20N2O2. The highest BCUT2D eigenvalue weighted by molar-refractivity contribution is 5.97. The van der Waals surface area contributed by atoms with Gasteiger partial charge in [0.1, 0.15) is 0 Å². The lowest BCUT2D eigenvalue weighted by molar-refractivity contribution is -0.126. The van der Waals surface area contributed by atoms with Crippen LogP contribution in [0.15, 0.2) is 60.9 Å². The summed E-state index contributed by atoms with van der Waals surface area (Å²) >= 11 is 0. The average Bonchev–Trinajstić information content (AvgIpc) is 3.09. The molecule has 1 aromatic carbocycles. The molecule has 0 spiro atoms. The number of rotatable bonds is 5. The van der Waals surface area contributed by atoms with Crippen molar-refractivity contribution in [2.45, 2.75) is 25.3 Å². The summed E-state index contributed by atoms with van der Waals surface area (Å²) in [6.45, 7) is 0.711. The van der Waals surface area contributed by atoms with Gasteiger partial charge in [0.05, 0.1) is 0 Å². The Morgan fingerprint density at radius 1 is 1.17 bits per heavy atom. The van der Waals surface area contributed by atoms with Gasteiger partial charge in [0.15, 0.2) is 5.78 Å². The fourth-order valence-corrected chi connectivity index (χ4v) is 3.03. The molecule has 24 heavy (non-hydrogen) atoms. The summed E-state index contributed by atoms with van der Waals surface area (Å²) in [7, 11) is 0. The predicted molar refractivity (Wildman–Crippen MR) is 93.4 cm³/mol. The molecule has 1 fully saturated rings. The number of nitrogens with zero attached hydrogens (tertiary/aromatic N) is 2. The zero-order valence-corrected chi connectivity index (χ0v) is 13.5. The van der Waals surface area contributed by atoms with Gasteiger partial charge in [0.2, 0.25) is 5.91 Å². The first-order valence-corrected chi connectivity index (χ1v) is 8.21. The van der Waals surface area contributed by atoms with Crippen LogP contribution >= 0.6 is 0 Å². The van der Waals surface area contributed by atoms with Crippen molar-refractivity contribution >= 4 is 17.8 Å². The molecule has 1 aromatic heterocycles. The van der Waals surface area contributed by atoms with Crippen LogP contribution in [0.3, 0.4) is 0 Å². The first-order valence-electron chi connectivity index (χ1n) is 8.21. The highest BCUT2D eigenvalue weighted by atomic mass is 16.2. The van der Waals surface area contributed by atoms with Gasteiger partial charge in [-0.1, -0.05) is 36.4 Å². The highest BCUT2D eigenvalue weighted by Crippen LogP contribution is 2.22. The molecule has 4 heteroatoms. The predicted octanol–water partition coefficient (Wildman–Crippen LogP) is 3.36. The lowest BCUT2D eigenvalue weighted by atomic mass is 10.0. The maximum Gasteiger partial charge on any atom is 0.246 e. The van der Waals surface area contributed by atoms with Gasteiger partial charge in [0.25, 0.3) is 0 Å². The number of Topliss-reactive ketones (excluding diaryl/α,β-unsaturated/α-hetero) is 1. The molecule has 0 saturated carbocycles. The second-order valence-electron chi connectivity index (χ2n) is 5.94. The van der Waals surface area contributed by atoms with E-state index in [0.29, 0.717) is 18.5 Å². The van der Waals surface area contributed by atoms with E-state index in [2.05, 4.69) is 4.98 Å². The molecule has 1 unspecified atom stereocenters. The zero-order chi connectivity index (χ0) is 16.8. The largest absolute Gasteiger partial charge is 0.336 e. The van der Waals surface area contributed by atoms with Gasteiger partial charge in [-0.05, 0) is 30.5 Å². The maximum absolute atomic E-state index is 12.5. The normalized spacial score (nSPS) is 17.3. The fraction of sp³-hybridized carbons (Fsp3) is 0.250. The molecule has 1 aliphatic heterocycles. The molecule has 0 N–H and O–H groups in total. The topological polar surface area (TPSA) is 50.3 Å². The number of benzene rings is 1. The lowest BCUT2D eigenvalue weighted by Gasteiger charge is -2.23. The van der Waals surface area contributed by atoms with Crippen LogP contribution < -0.4 is 0 Å². The quantitative estimate of drug-likeness (QED) is 0.627. The van der Waals surface area contributed by atoms with E-state index >= 15 is 0 Å². The third-order valence-electron chi connectivity index (χ3n) is 4.28. The average molecular weight is 320 g/mol. The van der Waals surface area contributed by atoms with Crippen molar-refractivity contribution in [3.05, 3.63) is 72.1 Å². The van der Waals surface area contributed by atoms with Crippen LogP contribution in [0.2, 0.25) is 0 Å². The van der Waals surface area contributed by atoms with Crippen molar-refractivity contribution in [2.75, 3.05) is 6.54 Å². The lowest BCUT2D eigenvalue weighted by Crippen LogP contribution is -2.35. The van der Waals surface area contributed by atoms with Crippen LogP contribution in [0.4, 0.5) is 0 Å². The van der Waals surface area contributed by atoms with Gasteiger partial charge in [-0.25, -0.2) is 0 Å². The van der Waals surface area contributed by atoms with Gasteiger partial charge in [0, 0.05) is 43.0 Å². The standard InChI is InChI=1S/C20H20N2O2/c23-19(17-7-2-1-3-8-17)14-18-9-5-13-22(18)20(24)11-10-16-6-4-12-21-15-16/h1-4,6-8,10-12,15,18H,5,9,13-14H2. The molecule has 0 aliphatic carbocycles. The van der Waals surface area contributed by atoms with Crippen molar-refractivity contribution in [1.82, 2.24) is 9.88 Å². The number of amides is 1. The fourth-order valence-electron chi connectivity index (χ4n) is 3.03. The Hall–Kier alpha value is -2.75. The Morgan fingerprint density at radius 3 is 2.75 bits per heavy atom. The smallest absolute Gasteiger partial charge is 0.246 e. The number of pyridine rings is 1. The molecule has 3 rings (SSSR count). The van der Waals surface area contributed by atoms with Gasteiger partial charge in [-0.2, -0.15) is 0 Å². The summed E-state index contributed by atoms with van der Waals surface area (Å²) in [5.74, 6) is 0.0544. The molecule has 1 saturated heterocycles. The van der Waals surface area contributed by atoms with Crippen LogP contribution in [0.5, 0.6) is 0 Å². The van der Waals surface area contributed by atoms with E-state index in [4.69, 9.17) is 0 Å². The SMILES string of the molecule is O=C(CC1CCCN1C(=O)C=Cc1cccnc1)c1ccccc1. The number of aromatic nitrogens is 1. The van der Waals surface area contributed by atoms with Gasteiger partial charge >= 0.3 is 0 Å². The minimum Gasteiger partial charge on any atom is -0.336 e. The van der Waals surface area contributed by atoms with E-state index in [0.717, 1.165) is 18.4 Å². The first-order chi connectivity index (χ1) is 11.7. The number of likely N-dealkylation sites (tertiary alicyclic amines) is 1. The Labute approximate surface area is 141 Å². The molecule has 0 bridgehead atoms. The first kappa shape index (κ1) is 16.1. The van der Waals surface area contributed by atoms with E-state index < -0.39 is 0 Å². The minimum atomic E-state index is -0.0396. The number of carbonyl (C=O) groups excluding carboxylic acids is 2. The summed E-state index contributed by atoms with van der Waals surface area (Å²) in [5.41, 5.74) is 1.60. The molecule has 2 heterocycles. The Balaban J connectivity index is 1.63. The molecular weight excluding hydrogens is 300 g/mol. The van der Waals surface area contributed by atoms with Gasteiger partial charge in [-0.3, -0.25) is 14.6 Å². The van der Waals surface area contributed by atoms with Crippen LogP contribution in [-0.4, -0.2) is 34.2 Å². The minimum absolute atomic E-state index is 0.0104. The molecule has 1 amide bonds. The zero-order valence-electron chi connectivity index (χ0n) is 13.5. The summed E-state index contributed by atoms with van der Waals surface area (Å²) in [6, 6.07) is 13.0. The van der Waals surface area contributed by atoms with E-state index in [1.165, 1.54) is 0 Å². The van der Waals surface area contributed by atoms with E-state index in [9.17, 15) is 9.59 Å². The third-order valence-corrected chi connectivity index (χ3v) is 4.28. The number of hydrogen-bond donors (Lipinski definition) is 0. The van der Waals surface area contributed by atoms with Crippen molar-refractivity contribution < 1.29 is 9.59 Å². The van der Waals surface area contributed by atoms with Gasteiger partial charge < -0.3 is 4.90 Å². The van der Waals surface area contributed by atoms with E-state index in [1.54, 1.807) is 24.5 Å². The molecule has 2 aromatic rings. The van der Waals surface area contributed by atoms with E-state index in [1.807, 2.05) is 47.4 Å². The van der Waals surface area contributed by atoms with Crippen LogP contribution in [0.1, 0.15) is 35.2 Å². The van der Waals surface area contributed by atoms with Crippen molar-refractivity contribution in [2.24, 2.45) is 0 Å². The molecule has 122 valence electrons. The summed E-state index contributed by atoms with van der Waals surface area (Å²) in [6.07, 6.45) is 8.96. The van der Waals surface area contributed by atoms with E-state index in [-0.39, 0.29) is 17.7 Å². The molecule has 0 radical (unpaired) electrons. The molecule has 1 aliphatic rings. The third kappa shape index (κ3) is 3.96. The second-order valence-corrected chi connectivity index (χ2v) is 5.94. The number of hydrogen-bond acceptors (Lipinski definition) is 3. The van der Waals surface area contributed by atoms with Crippen LogP contribution in [-0.2, 0) is 4.79 Å².